The van der Waals surface area contributed by atoms with Gasteiger partial charge in [-0.25, -0.2) is 0 Å². The average Bonchev–Trinajstić information content (AvgIpc) is 2.27. The van der Waals surface area contributed by atoms with Crippen LogP contribution in [-0.4, -0.2) is 48.0 Å². The van der Waals surface area contributed by atoms with Gasteiger partial charge in [0.15, 0.2) is 0 Å². The standard InChI is InChI=1S/C11H20N2OS/c1-3-6-13(4-2)11(14)8-10-9-15-7-5-12-10/h3,10,12H,1,4-9H2,2H3. The molecule has 86 valence electrons. The molecule has 0 aromatic heterocycles. The molecule has 1 amide bonds. The second kappa shape index (κ2) is 6.90. The molecule has 15 heavy (non-hydrogen) atoms. The van der Waals surface area contributed by atoms with Crippen molar-refractivity contribution < 1.29 is 4.79 Å². The fraction of sp³-hybridized carbons (Fsp3) is 0.727. The number of thioether (sulfide) groups is 1. The number of carbonyl (C=O) groups excluding carboxylic acids is 1. The zero-order chi connectivity index (χ0) is 11.1. The fourth-order valence-electron chi connectivity index (χ4n) is 1.65. The van der Waals surface area contributed by atoms with Gasteiger partial charge >= 0.3 is 0 Å². The molecule has 1 rings (SSSR count). The molecule has 1 saturated heterocycles. The Morgan fingerprint density at radius 2 is 2.53 bits per heavy atom. The number of nitrogens with zero attached hydrogens (tertiary/aromatic N) is 1. The summed E-state index contributed by atoms with van der Waals surface area (Å²) in [5, 5.41) is 3.38. The van der Waals surface area contributed by atoms with Crippen LogP contribution < -0.4 is 5.32 Å². The highest BCUT2D eigenvalue weighted by Gasteiger charge is 2.19. The van der Waals surface area contributed by atoms with E-state index in [1.807, 2.05) is 23.6 Å². The Labute approximate surface area is 96.3 Å². The van der Waals surface area contributed by atoms with E-state index in [2.05, 4.69) is 11.9 Å². The molecule has 1 aliphatic heterocycles. The lowest BCUT2D eigenvalue weighted by molar-refractivity contribution is -0.130. The van der Waals surface area contributed by atoms with Crippen LogP contribution in [-0.2, 0) is 4.79 Å². The first-order valence-electron chi connectivity index (χ1n) is 5.47. The van der Waals surface area contributed by atoms with E-state index in [0.717, 1.165) is 24.6 Å². The molecule has 1 N–H and O–H groups in total. The van der Waals surface area contributed by atoms with Gasteiger partial charge in [0.25, 0.3) is 0 Å². The van der Waals surface area contributed by atoms with Crippen LogP contribution in [0.4, 0.5) is 0 Å². The predicted octanol–water partition coefficient (Wildman–Crippen LogP) is 1.12. The summed E-state index contributed by atoms with van der Waals surface area (Å²) in [5.41, 5.74) is 0. The summed E-state index contributed by atoms with van der Waals surface area (Å²) in [6.45, 7) is 8.12. The third-order valence-corrected chi connectivity index (χ3v) is 3.63. The molecule has 4 heteroatoms. The van der Waals surface area contributed by atoms with Gasteiger partial charge in [-0.2, -0.15) is 11.8 Å². The van der Waals surface area contributed by atoms with E-state index < -0.39 is 0 Å². The second-order valence-corrected chi connectivity index (χ2v) is 4.80. The maximum absolute atomic E-state index is 11.9. The van der Waals surface area contributed by atoms with Crippen LogP contribution in [0.2, 0.25) is 0 Å². The van der Waals surface area contributed by atoms with E-state index in [-0.39, 0.29) is 5.91 Å². The van der Waals surface area contributed by atoms with Gasteiger partial charge in [-0.15, -0.1) is 6.58 Å². The molecule has 1 aliphatic rings. The van der Waals surface area contributed by atoms with Gasteiger partial charge in [0.1, 0.15) is 0 Å². The van der Waals surface area contributed by atoms with Crippen molar-refractivity contribution >= 4 is 17.7 Å². The van der Waals surface area contributed by atoms with E-state index in [1.54, 1.807) is 6.08 Å². The summed E-state index contributed by atoms with van der Waals surface area (Å²) in [5.74, 6) is 2.45. The van der Waals surface area contributed by atoms with Crippen LogP contribution in [0.15, 0.2) is 12.7 Å². The Hall–Kier alpha value is -0.480. The zero-order valence-corrected chi connectivity index (χ0v) is 10.2. The average molecular weight is 228 g/mol. The van der Waals surface area contributed by atoms with Crippen molar-refractivity contribution in [1.82, 2.24) is 10.2 Å². The first-order chi connectivity index (χ1) is 7.27. The first kappa shape index (κ1) is 12.6. The number of rotatable bonds is 5. The van der Waals surface area contributed by atoms with E-state index in [1.165, 1.54) is 0 Å². The summed E-state index contributed by atoms with van der Waals surface area (Å²) in [7, 11) is 0. The van der Waals surface area contributed by atoms with E-state index in [4.69, 9.17) is 0 Å². The van der Waals surface area contributed by atoms with Crippen LogP contribution in [0.5, 0.6) is 0 Å². The van der Waals surface area contributed by atoms with Gasteiger partial charge < -0.3 is 10.2 Å². The molecule has 0 aromatic rings. The fourth-order valence-corrected chi connectivity index (χ4v) is 2.60. The van der Waals surface area contributed by atoms with Crippen LogP contribution in [0.1, 0.15) is 13.3 Å². The number of hydrogen-bond acceptors (Lipinski definition) is 3. The second-order valence-electron chi connectivity index (χ2n) is 3.65. The Morgan fingerprint density at radius 3 is 3.07 bits per heavy atom. The van der Waals surface area contributed by atoms with Crippen LogP contribution in [0.3, 0.4) is 0 Å². The minimum absolute atomic E-state index is 0.234. The van der Waals surface area contributed by atoms with Crippen molar-refractivity contribution in [3.05, 3.63) is 12.7 Å². The summed E-state index contributed by atoms with van der Waals surface area (Å²) in [6.07, 6.45) is 2.40. The summed E-state index contributed by atoms with van der Waals surface area (Å²) >= 11 is 1.92. The molecule has 1 atom stereocenters. The van der Waals surface area contributed by atoms with Crippen molar-refractivity contribution in [2.45, 2.75) is 19.4 Å². The SMILES string of the molecule is C=CCN(CC)C(=O)CC1CSCCN1. The van der Waals surface area contributed by atoms with Crippen LogP contribution in [0, 0.1) is 0 Å². The number of carbonyl (C=O) groups is 1. The largest absolute Gasteiger partial charge is 0.339 e. The molecule has 1 unspecified atom stereocenters. The van der Waals surface area contributed by atoms with Crippen molar-refractivity contribution in [1.29, 1.82) is 0 Å². The van der Waals surface area contributed by atoms with Crippen molar-refractivity contribution in [3.8, 4) is 0 Å². The Bertz CT molecular complexity index is 215. The number of likely N-dealkylation sites (N-methyl/N-ethyl adjacent to an activating group) is 1. The number of nitrogens with one attached hydrogen (secondary N) is 1. The third kappa shape index (κ3) is 4.26. The lowest BCUT2D eigenvalue weighted by Crippen LogP contribution is -2.42. The van der Waals surface area contributed by atoms with E-state index in [9.17, 15) is 4.79 Å². The smallest absolute Gasteiger partial charge is 0.224 e. The van der Waals surface area contributed by atoms with Gasteiger partial charge in [-0.1, -0.05) is 6.08 Å². The first-order valence-corrected chi connectivity index (χ1v) is 6.63. The lowest BCUT2D eigenvalue weighted by Gasteiger charge is -2.26. The topological polar surface area (TPSA) is 32.3 Å². The van der Waals surface area contributed by atoms with Gasteiger partial charge in [-0.3, -0.25) is 4.79 Å². The molecule has 0 aliphatic carbocycles. The molecular weight excluding hydrogens is 208 g/mol. The molecule has 0 spiro atoms. The number of amides is 1. The number of hydrogen-bond donors (Lipinski definition) is 1. The predicted molar refractivity (Wildman–Crippen MR) is 66.2 cm³/mol. The van der Waals surface area contributed by atoms with Gasteiger partial charge in [0.2, 0.25) is 5.91 Å². The molecule has 0 aromatic carbocycles. The van der Waals surface area contributed by atoms with Crippen molar-refractivity contribution in [2.24, 2.45) is 0 Å². The molecule has 0 bridgehead atoms. The zero-order valence-electron chi connectivity index (χ0n) is 9.37. The highest BCUT2D eigenvalue weighted by atomic mass is 32.2. The minimum Gasteiger partial charge on any atom is -0.339 e. The summed E-state index contributed by atoms with van der Waals surface area (Å²) in [6, 6.07) is 0.357. The maximum Gasteiger partial charge on any atom is 0.224 e. The van der Waals surface area contributed by atoms with Crippen molar-refractivity contribution in [3.63, 3.8) is 0 Å². The molecule has 1 fully saturated rings. The van der Waals surface area contributed by atoms with Crippen LogP contribution in [0.25, 0.3) is 0 Å². The Balaban J connectivity index is 2.34. The molecule has 3 nitrogen and oxygen atoms in total. The monoisotopic (exact) mass is 228 g/mol. The lowest BCUT2D eigenvalue weighted by atomic mass is 10.2. The van der Waals surface area contributed by atoms with Crippen molar-refractivity contribution in [2.75, 3.05) is 31.1 Å². The summed E-state index contributed by atoms with van der Waals surface area (Å²) in [4.78, 5) is 13.7. The highest BCUT2D eigenvalue weighted by molar-refractivity contribution is 7.99. The highest BCUT2D eigenvalue weighted by Crippen LogP contribution is 2.11. The Kier molecular flexibility index (Phi) is 5.79. The molecule has 1 heterocycles. The molecule has 0 radical (unpaired) electrons. The third-order valence-electron chi connectivity index (χ3n) is 2.50. The van der Waals surface area contributed by atoms with Gasteiger partial charge in [0, 0.05) is 43.6 Å². The summed E-state index contributed by atoms with van der Waals surface area (Å²) < 4.78 is 0. The Morgan fingerprint density at radius 1 is 1.73 bits per heavy atom. The molecular formula is C11H20N2OS. The van der Waals surface area contributed by atoms with Gasteiger partial charge in [0.05, 0.1) is 0 Å². The van der Waals surface area contributed by atoms with E-state index >= 15 is 0 Å². The van der Waals surface area contributed by atoms with Crippen LogP contribution >= 0.6 is 11.8 Å². The minimum atomic E-state index is 0.234. The molecule has 0 saturated carbocycles. The maximum atomic E-state index is 11.9. The quantitative estimate of drug-likeness (QED) is 0.716. The van der Waals surface area contributed by atoms with Gasteiger partial charge in [-0.05, 0) is 6.92 Å². The normalized spacial score (nSPS) is 21.0. The van der Waals surface area contributed by atoms with E-state index in [0.29, 0.717) is 19.0 Å².